The molecule has 1 amide bonds. The molecule has 0 aliphatic carbocycles. The normalized spacial score (nSPS) is 24.4. The summed E-state index contributed by atoms with van der Waals surface area (Å²) < 4.78 is 0. The minimum absolute atomic E-state index is 0.0609. The summed E-state index contributed by atoms with van der Waals surface area (Å²) in [6.45, 7) is 5.29. The van der Waals surface area contributed by atoms with Gasteiger partial charge in [-0.25, -0.2) is 0 Å². The Labute approximate surface area is 99.6 Å². The fourth-order valence-corrected chi connectivity index (χ4v) is 2.84. The minimum atomic E-state index is -0.842. The molecule has 2 atom stereocenters. The Bertz CT molecular complexity index is 269. The fourth-order valence-electron chi connectivity index (χ4n) is 1.66. The molecule has 16 heavy (non-hydrogen) atoms. The molecule has 1 aliphatic rings. The molecule has 6 heteroatoms. The van der Waals surface area contributed by atoms with E-state index in [2.05, 4.69) is 5.32 Å². The van der Waals surface area contributed by atoms with Gasteiger partial charge in [-0.05, 0) is 13.8 Å². The van der Waals surface area contributed by atoms with Crippen LogP contribution in [0, 0.1) is 0 Å². The first kappa shape index (κ1) is 13.3. The van der Waals surface area contributed by atoms with Gasteiger partial charge in [0.2, 0.25) is 5.91 Å². The van der Waals surface area contributed by atoms with E-state index in [-0.39, 0.29) is 11.3 Å². The SMILES string of the molecule is CCN(CC)C(=O)CC1N[C@@H](C(=O)O)CS1. The lowest BCUT2D eigenvalue weighted by Crippen LogP contribution is -2.40. The molecule has 1 fully saturated rings. The quantitative estimate of drug-likeness (QED) is 0.733. The summed E-state index contributed by atoms with van der Waals surface area (Å²) in [7, 11) is 0. The largest absolute Gasteiger partial charge is 0.480 e. The van der Waals surface area contributed by atoms with Gasteiger partial charge in [-0.15, -0.1) is 11.8 Å². The van der Waals surface area contributed by atoms with Crippen LogP contribution in [0.5, 0.6) is 0 Å². The van der Waals surface area contributed by atoms with Gasteiger partial charge in [-0.3, -0.25) is 14.9 Å². The average Bonchev–Trinajstić information content (AvgIpc) is 2.68. The van der Waals surface area contributed by atoms with E-state index < -0.39 is 12.0 Å². The van der Waals surface area contributed by atoms with Crippen molar-refractivity contribution in [3.8, 4) is 0 Å². The lowest BCUT2D eigenvalue weighted by Gasteiger charge is -2.20. The van der Waals surface area contributed by atoms with Crippen LogP contribution in [0.3, 0.4) is 0 Å². The summed E-state index contributed by atoms with van der Waals surface area (Å²) in [4.78, 5) is 24.2. The zero-order chi connectivity index (χ0) is 12.1. The van der Waals surface area contributed by atoms with Crippen LogP contribution in [-0.4, -0.2) is 52.1 Å². The third kappa shape index (κ3) is 3.38. The highest BCUT2D eigenvalue weighted by Gasteiger charge is 2.31. The Morgan fingerprint density at radius 1 is 1.44 bits per heavy atom. The molecule has 1 rings (SSSR count). The van der Waals surface area contributed by atoms with Gasteiger partial charge in [0.15, 0.2) is 0 Å². The van der Waals surface area contributed by atoms with Crippen LogP contribution in [0.1, 0.15) is 20.3 Å². The number of hydrogen-bond donors (Lipinski definition) is 2. The second kappa shape index (κ2) is 6.10. The van der Waals surface area contributed by atoms with Gasteiger partial charge in [-0.1, -0.05) is 0 Å². The minimum Gasteiger partial charge on any atom is -0.480 e. The van der Waals surface area contributed by atoms with Crippen molar-refractivity contribution >= 4 is 23.6 Å². The Kier molecular flexibility index (Phi) is 5.08. The number of hydrogen-bond acceptors (Lipinski definition) is 4. The van der Waals surface area contributed by atoms with Crippen LogP contribution >= 0.6 is 11.8 Å². The van der Waals surface area contributed by atoms with E-state index >= 15 is 0 Å². The number of nitrogens with zero attached hydrogens (tertiary/aromatic N) is 1. The average molecular weight is 246 g/mol. The number of carbonyl (C=O) groups is 2. The van der Waals surface area contributed by atoms with E-state index in [0.717, 1.165) is 0 Å². The van der Waals surface area contributed by atoms with E-state index in [0.29, 0.717) is 25.3 Å². The maximum atomic E-state index is 11.8. The number of nitrogens with one attached hydrogen (secondary N) is 1. The molecule has 0 aromatic carbocycles. The predicted octanol–water partition coefficient (Wildman–Crippen LogP) is 0.361. The van der Waals surface area contributed by atoms with Crippen LogP contribution in [-0.2, 0) is 9.59 Å². The van der Waals surface area contributed by atoms with E-state index in [1.54, 1.807) is 4.90 Å². The molecule has 1 saturated heterocycles. The smallest absolute Gasteiger partial charge is 0.321 e. The van der Waals surface area contributed by atoms with Gasteiger partial charge < -0.3 is 10.0 Å². The van der Waals surface area contributed by atoms with Crippen LogP contribution in [0.15, 0.2) is 0 Å². The number of rotatable bonds is 5. The number of aliphatic carboxylic acids is 1. The molecule has 1 heterocycles. The Hall–Kier alpha value is -0.750. The standard InChI is InChI=1S/C10H18N2O3S/c1-3-12(4-2)9(13)5-8-11-7(6-16-8)10(14)15/h7-8,11H,3-6H2,1-2H3,(H,14,15)/t7-,8?/m1/s1. The summed E-state index contributed by atoms with van der Waals surface area (Å²) in [5, 5.41) is 11.7. The lowest BCUT2D eigenvalue weighted by molar-refractivity contribution is -0.139. The molecule has 2 N–H and O–H groups in total. The second-order valence-electron chi connectivity index (χ2n) is 3.65. The molecule has 0 aromatic rings. The third-order valence-electron chi connectivity index (χ3n) is 2.63. The molecule has 92 valence electrons. The number of amides is 1. The summed E-state index contributed by atoms with van der Waals surface area (Å²) >= 11 is 1.51. The van der Waals surface area contributed by atoms with Gasteiger partial charge in [0.05, 0.1) is 11.8 Å². The summed E-state index contributed by atoms with van der Waals surface area (Å²) in [6.07, 6.45) is 0.371. The Balaban J connectivity index is 2.39. The molecule has 0 saturated carbocycles. The molecule has 0 radical (unpaired) electrons. The van der Waals surface area contributed by atoms with Gasteiger partial charge >= 0.3 is 5.97 Å². The van der Waals surface area contributed by atoms with Crippen molar-refractivity contribution in [1.82, 2.24) is 10.2 Å². The number of thioether (sulfide) groups is 1. The summed E-state index contributed by atoms with van der Waals surface area (Å²) in [5.74, 6) is -0.225. The van der Waals surface area contributed by atoms with Crippen molar-refractivity contribution in [2.75, 3.05) is 18.8 Å². The highest BCUT2D eigenvalue weighted by atomic mass is 32.2. The maximum absolute atomic E-state index is 11.8. The van der Waals surface area contributed by atoms with Crippen LogP contribution < -0.4 is 5.32 Å². The third-order valence-corrected chi connectivity index (χ3v) is 3.86. The van der Waals surface area contributed by atoms with Crippen LogP contribution in [0.4, 0.5) is 0 Å². The summed E-state index contributed by atoms with van der Waals surface area (Å²) in [6, 6.07) is -0.514. The first-order valence-corrected chi connectivity index (χ1v) is 6.51. The monoisotopic (exact) mass is 246 g/mol. The number of carboxylic acids is 1. The van der Waals surface area contributed by atoms with Gasteiger partial charge in [0, 0.05) is 18.8 Å². The zero-order valence-electron chi connectivity index (χ0n) is 9.60. The van der Waals surface area contributed by atoms with Crippen molar-refractivity contribution in [2.45, 2.75) is 31.7 Å². The van der Waals surface area contributed by atoms with E-state index in [1.165, 1.54) is 11.8 Å². The molecule has 0 aromatic heterocycles. The number of carboxylic acid groups (broad SMARTS) is 1. The lowest BCUT2D eigenvalue weighted by atomic mass is 10.3. The summed E-state index contributed by atoms with van der Waals surface area (Å²) in [5.41, 5.74) is 0. The van der Waals surface area contributed by atoms with Crippen molar-refractivity contribution in [2.24, 2.45) is 0 Å². The Morgan fingerprint density at radius 2 is 2.06 bits per heavy atom. The highest BCUT2D eigenvalue weighted by Crippen LogP contribution is 2.22. The molecule has 0 bridgehead atoms. The highest BCUT2D eigenvalue weighted by molar-refractivity contribution is 8.00. The van der Waals surface area contributed by atoms with Gasteiger partial charge in [0.25, 0.3) is 0 Å². The van der Waals surface area contributed by atoms with Crippen molar-refractivity contribution in [3.63, 3.8) is 0 Å². The second-order valence-corrected chi connectivity index (χ2v) is 4.89. The molecule has 1 unspecified atom stereocenters. The first-order valence-electron chi connectivity index (χ1n) is 5.46. The first-order chi connectivity index (χ1) is 7.58. The molecule has 1 aliphatic heterocycles. The topological polar surface area (TPSA) is 69.6 Å². The predicted molar refractivity (Wildman–Crippen MR) is 63.4 cm³/mol. The molecular weight excluding hydrogens is 228 g/mol. The molecule has 5 nitrogen and oxygen atoms in total. The van der Waals surface area contributed by atoms with Crippen LogP contribution in [0.25, 0.3) is 0 Å². The van der Waals surface area contributed by atoms with Crippen molar-refractivity contribution in [3.05, 3.63) is 0 Å². The van der Waals surface area contributed by atoms with Crippen molar-refractivity contribution in [1.29, 1.82) is 0 Å². The molecular formula is C10H18N2O3S. The van der Waals surface area contributed by atoms with Gasteiger partial charge in [0.1, 0.15) is 6.04 Å². The zero-order valence-corrected chi connectivity index (χ0v) is 10.4. The van der Waals surface area contributed by atoms with E-state index in [4.69, 9.17) is 5.11 Å². The van der Waals surface area contributed by atoms with E-state index in [9.17, 15) is 9.59 Å². The number of carbonyl (C=O) groups excluding carboxylic acids is 1. The maximum Gasteiger partial charge on any atom is 0.321 e. The Morgan fingerprint density at radius 3 is 2.50 bits per heavy atom. The van der Waals surface area contributed by atoms with Gasteiger partial charge in [-0.2, -0.15) is 0 Å². The van der Waals surface area contributed by atoms with Crippen molar-refractivity contribution < 1.29 is 14.7 Å². The molecule has 0 spiro atoms. The van der Waals surface area contributed by atoms with E-state index in [1.807, 2.05) is 13.8 Å². The van der Waals surface area contributed by atoms with Crippen LogP contribution in [0.2, 0.25) is 0 Å². The fraction of sp³-hybridized carbons (Fsp3) is 0.800.